The molecule has 10 nitrogen and oxygen atoms in total. The molecule has 1 aromatic carbocycles. The topological polar surface area (TPSA) is 141 Å². The van der Waals surface area contributed by atoms with Crippen LogP contribution in [-0.4, -0.2) is 68.4 Å². The fourth-order valence-corrected chi connectivity index (χ4v) is 6.50. The lowest BCUT2D eigenvalue weighted by Gasteiger charge is -2.64. The summed E-state index contributed by atoms with van der Waals surface area (Å²) >= 11 is 0. The van der Waals surface area contributed by atoms with Gasteiger partial charge in [-0.3, -0.25) is 19.3 Å². The number of nitrogens with zero attached hydrogens (tertiary/aromatic N) is 5. The van der Waals surface area contributed by atoms with Crippen molar-refractivity contribution in [3.8, 4) is 6.07 Å². The Balaban J connectivity index is 2.29. The largest absolute Gasteiger partial charge is 0.465 e. The van der Waals surface area contributed by atoms with Gasteiger partial charge in [-0.25, -0.2) is 9.18 Å². The fourth-order valence-electron chi connectivity index (χ4n) is 6.50. The Morgan fingerprint density at radius 3 is 2.29 bits per heavy atom. The van der Waals surface area contributed by atoms with Crippen molar-refractivity contribution in [3.63, 3.8) is 0 Å². The van der Waals surface area contributed by atoms with Gasteiger partial charge in [0.15, 0.2) is 11.4 Å². The molecule has 0 bridgehead atoms. The van der Waals surface area contributed by atoms with E-state index >= 15 is 0 Å². The number of piperidine rings is 1. The number of likely N-dealkylation sites (N-methyl/N-ethyl adjacent to an activating group) is 1. The smallest absolute Gasteiger partial charge is 0.407 e. The summed E-state index contributed by atoms with van der Waals surface area (Å²) in [5.41, 5.74) is 3.88. The Labute approximate surface area is 223 Å². The van der Waals surface area contributed by atoms with Gasteiger partial charge in [0, 0.05) is 18.4 Å². The minimum Gasteiger partial charge on any atom is -0.465 e. The number of benzene rings is 1. The van der Waals surface area contributed by atoms with Gasteiger partial charge in [-0.15, -0.1) is 0 Å². The summed E-state index contributed by atoms with van der Waals surface area (Å²) in [4.78, 5) is 28.4. The molecule has 2 aromatic rings. The first kappa shape index (κ1) is 28.9. The second kappa shape index (κ2) is 11.0. The maximum absolute atomic E-state index is 13.4. The molecule has 0 saturated carbocycles. The molecule has 1 aromatic heterocycles. The van der Waals surface area contributed by atoms with E-state index in [9.17, 15) is 24.3 Å². The number of hydrogen-bond acceptors (Lipinski definition) is 6. The number of carbonyl (C=O) groups excluding carboxylic acids is 1. The van der Waals surface area contributed by atoms with E-state index in [1.165, 1.54) is 35.4 Å². The molecule has 1 saturated heterocycles. The normalized spacial score (nSPS) is 25.0. The second-order valence-corrected chi connectivity index (χ2v) is 10.3. The number of nitriles is 1. The molecule has 1 aliphatic heterocycles. The maximum atomic E-state index is 13.4. The zero-order valence-electron chi connectivity index (χ0n) is 22.9. The minimum atomic E-state index is -1.34. The lowest BCUT2D eigenvalue weighted by atomic mass is 9.55. The Bertz CT molecular complexity index is 1200. The standard InChI is InChI=1S/C27H38FN7O3/c1-7-17(3)27(18(4)8-2)26(16-29,33(5)6)22(13-14-34(27)25(37)38)35-15-21(23(30)36)24(32-35)31-20-11-9-19(28)10-12-20/h9-12,15,17-18,22H,7-8,13-14H2,1-6H3,(H2,30,36)(H,31,32)(H,37,38). The van der Waals surface area contributed by atoms with Crippen LogP contribution in [0.5, 0.6) is 0 Å². The molecule has 38 heavy (non-hydrogen) atoms. The lowest BCUT2D eigenvalue weighted by molar-refractivity contribution is -0.134. The van der Waals surface area contributed by atoms with E-state index in [2.05, 4.69) is 16.5 Å². The van der Waals surface area contributed by atoms with Gasteiger partial charge in [0.2, 0.25) is 0 Å². The Morgan fingerprint density at radius 1 is 1.26 bits per heavy atom. The van der Waals surface area contributed by atoms with Crippen LogP contribution in [0.2, 0.25) is 0 Å². The monoisotopic (exact) mass is 527 g/mol. The third kappa shape index (κ3) is 4.36. The molecule has 4 N–H and O–H groups in total. The van der Waals surface area contributed by atoms with E-state index in [0.29, 0.717) is 24.9 Å². The van der Waals surface area contributed by atoms with E-state index in [4.69, 9.17) is 5.73 Å². The highest BCUT2D eigenvalue weighted by atomic mass is 19.1. The first-order valence-corrected chi connectivity index (χ1v) is 12.9. The average molecular weight is 528 g/mol. The first-order chi connectivity index (χ1) is 17.9. The Morgan fingerprint density at radius 2 is 1.84 bits per heavy atom. The third-order valence-electron chi connectivity index (χ3n) is 8.42. The number of carboxylic acid groups (broad SMARTS) is 1. The van der Waals surface area contributed by atoms with E-state index in [1.807, 2.05) is 32.6 Å². The molecule has 2 amide bonds. The summed E-state index contributed by atoms with van der Waals surface area (Å²) in [5, 5.41) is 29.1. The average Bonchev–Trinajstić information content (AvgIpc) is 3.31. The van der Waals surface area contributed by atoms with E-state index in [1.54, 1.807) is 18.8 Å². The molecule has 1 fully saturated rings. The summed E-state index contributed by atoms with van der Waals surface area (Å²) in [6, 6.07) is 7.55. The molecule has 1 aliphatic rings. The fraction of sp³-hybridized carbons (Fsp3) is 0.556. The van der Waals surface area contributed by atoms with Crippen LogP contribution in [-0.2, 0) is 0 Å². The number of primary amides is 1. The van der Waals surface area contributed by atoms with Gasteiger partial charge >= 0.3 is 6.09 Å². The van der Waals surface area contributed by atoms with Gasteiger partial charge in [0.25, 0.3) is 5.91 Å². The number of hydrogen-bond donors (Lipinski definition) is 3. The van der Waals surface area contributed by atoms with Crippen molar-refractivity contribution in [3.05, 3.63) is 41.8 Å². The van der Waals surface area contributed by atoms with Crippen LogP contribution in [0.1, 0.15) is 63.4 Å². The van der Waals surface area contributed by atoms with Crippen LogP contribution in [0.4, 0.5) is 20.7 Å². The number of nitrogens with two attached hydrogens (primary N) is 1. The van der Waals surface area contributed by atoms with Gasteiger partial charge in [0.1, 0.15) is 11.4 Å². The third-order valence-corrected chi connectivity index (χ3v) is 8.42. The zero-order chi connectivity index (χ0) is 28.4. The number of nitrogens with one attached hydrogen (secondary N) is 1. The molecule has 3 rings (SSSR count). The summed E-state index contributed by atoms with van der Waals surface area (Å²) in [7, 11) is 3.58. The highest BCUT2D eigenvalue weighted by Crippen LogP contribution is 2.55. The van der Waals surface area contributed by atoms with Crippen molar-refractivity contribution < 1.29 is 19.1 Å². The van der Waals surface area contributed by atoms with Gasteiger partial charge in [-0.2, -0.15) is 10.4 Å². The number of likely N-dealkylation sites (tertiary alicyclic amines) is 1. The quantitative estimate of drug-likeness (QED) is 0.438. The van der Waals surface area contributed by atoms with Crippen LogP contribution in [0.25, 0.3) is 0 Å². The summed E-state index contributed by atoms with van der Waals surface area (Å²) < 4.78 is 15.0. The van der Waals surface area contributed by atoms with Gasteiger partial charge in [-0.1, -0.05) is 40.5 Å². The second-order valence-electron chi connectivity index (χ2n) is 10.3. The van der Waals surface area contributed by atoms with Gasteiger partial charge in [0.05, 0.1) is 17.6 Å². The molecular formula is C27H38FN7O3. The summed E-state index contributed by atoms with van der Waals surface area (Å²) in [6.07, 6.45) is 2.05. The highest BCUT2D eigenvalue weighted by molar-refractivity contribution is 5.98. The number of aromatic nitrogens is 2. The van der Waals surface area contributed by atoms with Crippen molar-refractivity contribution in [2.75, 3.05) is 26.0 Å². The molecule has 4 atom stereocenters. The van der Waals surface area contributed by atoms with Crippen molar-refractivity contribution in [2.45, 2.75) is 64.1 Å². The number of halogens is 1. The predicted octanol–water partition coefficient (Wildman–Crippen LogP) is 4.44. The van der Waals surface area contributed by atoms with Crippen LogP contribution < -0.4 is 11.1 Å². The predicted molar refractivity (Wildman–Crippen MR) is 142 cm³/mol. The van der Waals surface area contributed by atoms with E-state index in [-0.39, 0.29) is 29.8 Å². The Hall–Kier alpha value is -3.65. The summed E-state index contributed by atoms with van der Waals surface area (Å²) in [5.74, 6) is -1.31. The van der Waals surface area contributed by atoms with Crippen LogP contribution >= 0.6 is 0 Å². The van der Waals surface area contributed by atoms with Crippen LogP contribution in [0.3, 0.4) is 0 Å². The van der Waals surface area contributed by atoms with E-state index < -0.39 is 34.9 Å². The SMILES string of the molecule is CCC(C)C1(C(C)CC)N(C(=O)O)CCC(n2cc(C(N)=O)c(Nc3ccc(F)cc3)n2)C1(C#N)N(C)C. The molecule has 0 spiro atoms. The number of carbonyl (C=O) groups is 2. The van der Waals surface area contributed by atoms with Crippen molar-refractivity contribution in [2.24, 2.45) is 17.6 Å². The minimum absolute atomic E-state index is 0.110. The molecule has 0 aliphatic carbocycles. The lowest BCUT2D eigenvalue weighted by Crippen LogP contribution is -2.80. The van der Waals surface area contributed by atoms with Gasteiger partial charge in [-0.05, 0) is 56.6 Å². The van der Waals surface area contributed by atoms with Crippen molar-refractivity contribution >= 4 is 23.5 Å². The summed E-state index contributed by atoms with van der Waals surface area (Å²) in [6.45, 7) is 8.19. The molecule has 11 heteroatoms. The molecule has 206 valence electrons. The molecule has 2 heterocycles. The van der Waals surface area contributed by atoms with E-state index in [0.717, 1.165) is 0 Å². The van der Waals surface area contributed by atoms with Crippen LogP contribution in [0, 0.1) is 29.0 Å². The maximum Gasteiger partial charge on any atom is 0.407 e. The molecule has 0 radical (unpaired) electrons. The number of rotatable bonds is 9. The van der Waals surface area contributed by atoms with Crippen molar-refractivity contribution in [1.82, 2.24) is 19.6 Å². The number of anilines is 2. The van der Waals surface area contributed by atoms with Crippen LogP contribution in [0.15, 0.2) is 30.5 Å². The zero-order valence-corrected chi connectivity index (χ0v) is 22.9. The molecular weight excluding hydrogens is 489 g/mol. The first-order valence-electron chi connectivity index (χ1n) is 12.9. The van der Waals surface area contributed by atoms with Crippen molar-refractivity contribution in [1.29, 1.82) is 5.26 Å². The Kier molecular flexibility index (Phi) is 8.36. The number of amides is 2. The van der Waals surface area contributed by atoms with Gasteiger partial charge < -0.3 is 16.2 Å². The highest BCUT2D eigenvalue weighted by Gasteiger charge is 2.69. The molecule has 4 unspecified atom stereocenters.